The van der Waals surface area contributed by atoms with Gasteiger partial charge in [0.25, 0.3) is 5.91 Å². The van der Waals surface area contributed by atoms with Gasteiger partial charge in [0.2, 0.25) is 11.7 Å². The molecule has 0 atom stereocenters. The maximum atomic E-state index is 12.0. The molecule has 2 heterocycles. The lowest BCUT2D eigenvalue weighted by Gasteiger charge is -2.08. The van der Waals surface area contributed by atoms with Crippen molar-refractivity contribution in [3.63, 3.8) is 0 Å². The van der Waals surface area contributed by atoms with Crippen molar-refractivity contribution in [1.29, 1.82) is 0 Å². The Balaban J connectivity index is 1.62. The van der Waals surface area contributed by atoms with Crippen LogP contribution >= 0.6 is 0 Å². The highest BCUT2D eigenvalue weighted by Gasteiger charge is 2.15. The molecule has 8 heteroatoms. The van der Waals surface area contributed by atoms with Gasteiger partial charge in [-0.1, -0.05) is 6.07 Å². The summed E-state index contributed by atoms with van der Waals surface area (Å²) >= 11 is 0. The Morgan fingerprint density at radius 1 is 1.04 bits per heavy atom. The smallest absolute Gasteiger partial charge is 0.371 e. The zero-order valence-electron chi connectivity index (χ0n) is 12.9. The van der Waals surface area contributed by atoms with E-state index in [-0.39, 0.29) is 18.1 Å². The number of pyridine rings is 1. The van der Waals surface area contributed by atoms with Crippen LogP contribution in [0.25, 0.3) is 10.9 Å². The molecule has 0 saturated heterocycles. The Labute approximate surface area is 141 Å². The molecule has 0 spiro atoms. The number of anilines is 1. The number of carboxylic acid groups (broad SMARTS) is 1. The third-order valence-electron chi connectivity index (χ3n) is 3.37. The number of hydrogen-bond acceptors (Lipinski definition) is 5. The van der Waals surface area contributed by atoms with E-state index < -0.39 is 17.8 Å². The highest BCUT2D eigenvalue weighted by Crippen LogP contribution is 2.20. The molecule has 3 aromatic rings. The van der Waals surface area contributed by atoms with E-state index in [9.17, 15) is 14.4 Å². The highest BCUT2D eigenvalue weighted by atomic mass is 16.4. The van der Waals surface area contributed by atoms with Crippen molar-refractivity contribution in [2.24, 2.45) is 0 Å². The van der Waals surface area contributed by atoms with E-state index in [1.54, 1.807) is 24.4 Å². The van der Waals surface area contributed by atoms with E-state index in [0.717, 1.165) is 10.9 Å². The first-order valence-corrected chi connectivity index (χ1v) is 7.29. The van der Waals surface area contributed by atoms with Crippen molar-refractivity contribution in [3.05, 3.63) is 60.2 Å². The van der Waals surface area contributed by atoms with Gasteiger partial charge in [0, 0.05) is 11.6 Å². The number of aromatic carboxylic acids is 1. The third-order valence-corrected chi connectivity index (χ3v) is 3.37. The largest absolute Gasteiger partial charge is 0.475 e. The molecule has 0 fully saturated rings. The van der Waals surface area contributed by atoms with Crippen LogP contribution in [0.1, 0.15) is 21.1 Å². The Kier molecular flexibility index (Phi) is 4.42. The van der Waals surface area contributed by atoms with Crippen molar-refractivity contribution < 1.29 is 23.9 Å². The zero-order chi connectivity index (χ0) is 17.8. The van der Waals surface area contributed by atoms with Gasteiger partial charge in [-0.15, -0.1) is 0 Å². The number of rotatable bonds is 5. The van der Waals surface area contributed by atoms with Gasteiger partial charge in [0.05, 0.1) is 17.7 Å². The number of carboxylic acids is 1. The first-order chi connectivity index (χ1) is 12.0. The van der Waals surface area contributed by atoms with Crippen LogP contribution in [-0.4, -0.2) is 34.4 Å². The molecule has 25 heavy (non-hydrogen) atoms. The fourth-order valence-corrected chi connectivity index (χ4v) is 2.23. The summed E-state index contributed by atoms with van der Waals surface area (Å²) in [5, 5.41) is 14.6. The number of benzene rings is 1. The Hall–Kier alpha value is -3.68. The molecule has 0 saturated carbocycles. The lowest BCUT2D eigenvalue weighted by Crippen LogP contribution is -2.32. The molecule has 2 amide bonds. The summed E-state index contributed by atoms with van der Waals surface area (Å²) in [6.45, 7) is -0.293. The average Bonchev–Trinajstić information content (AvgIpc) is 3.10. The fourth-order valence-electron chi connectivity index (χ4n) is 2.23. The first-order valence-electron chi connectivity index (χ1n) is 7.29. The molecule has 0 radical (unpaired) electrons. The molecule has 8 nitrogen and oxygen atoms in total. The van der Waals surface area contributed by atoms with E-state index in [1.807, 2.05) is 12.1 Å². The Bertz CT molecular complexity index is 958. The topological polar surface area (TPSA) is 122 Å². The van der Waals surface area contributed by atoms with E-state index in [0.29, 0.717) is 5.69 Å². The van der Waals surface area contributed by atoms with Crippen molar-refractivity contribution in [1.82, 2.24) is 10.3 Å². The monoisotopic (exact) mass is 339 g/mol. The number of furan rings is 1. The minimum Gasteiger partial charge on any atom is -0.475 e. The average molecular weight is 339 g/mol. The molecule has 0 unspecified atom stereocenters. The predicted molar refractivity (Wildman–Crippen MR) is 88.4 cm³/mol. The summed E-state index contributed by atoms with van der Waals surface area (Å²) in [7, 11) is 0. The van der Waals surface area contributed by atoms with Gasteiger partial charge in [0.15, 0.2) is 5.76 Å². The van der Waals surface area contributed by atoms with Gasteiger partial charge < -0.3 is 20.2 Å². The van der Waals surface area contributed by atoms with Crippen LogP contribution in [0, 0.1) is 0 Å². The van der Waals surface area contributed by atoms with E-state index in [4.69, 9.17) is 9.52 Å². The molecule has 0 aliphatic heterocycles. The maximum absolute atomic E-state index is 12.0. The van der Waals surface area contributed by atoms with Gasteiger partial charge >= 0.3 is 5.97 Å². The molecule has 0 aliphatic carbocycles. The van der Waals surface area contributed by atoms with Gasteiger partial charge in [-0.3, -0.25) is 14.6 Å². The number of hydrogen-bond donors (Lipinski definition) is 3. The highest BCUT2D eigenvalue weighted by molar-refractivity contribution is 6.03. The predicted octanol–water partition coefficient (Wildman–Crippen LogP) is 1.89. The van der Waals surface area contributed by atoms with Gasteiger partial charge in [-0.05, 0) is 36.4 Å². The first kappa shape index (κ1) is 16.2. The van der Waals surface area contributed by atoms with Crippen LogP contribution in [0.3, 0.4) is 0 Å². The quantitative estimate of drug-likeness (QED) is 0.652. The second-order valence-electron chi connectivity index (χ2n) is 5.08. The van der Waals surface area contributed by atoms with Crippen molar-refractivity contribution >= 4 is 34.4 Å². The second-order valence-corrected chi connectivity index (χ2v) is 5.08. The van der Waals surface area contributed by atoms with Crippen LogP contribution < -0.4 is 10.6 Å². The number of nitrogens with zero attached hydrogens (tertiary/aromatic N) is 1. The summed E-state index contributed by atoms with van der Waals surface area (Å²) in [5.74, 6) is -2.92. The summed E-state index contributed by atoms with van der Waals surface area (Å²) in [5.41, 5.74) is 1.32. The van der Waals surface area contributed by atoms with Gasteiger partial charge in [-0.2, -0.15) is 0 Å². The third kappa shape index (κ3) is 3.63. The van der Waals surface area contributed by atoms with Gasteiger partial charge in [0.1, 0.15) is 0 Å². The van der Waals surface area contributed by atoms with Gasteiger partial charge in [-0.25, -0.2) is 4.79 Å². The standard InChI is InChI=1S/C17H13N3O5/c21-15(9-19-16(22)13-6-7-14(25-13)17(23)24)20-12-5-1-4-11-10(12)3-2-8-18-11/h1-8H,9H2,(H,19,22)(H,20,21)(H,23,24). The summed E-state index contributed by atoms with van der Waals surface area (Å²) in [6.07, 6.45) is 1.66. The number of nitrogens with one attached hydrogen (secondary N) is 2. The molecule has 2 aromatic heterocycles. The van der Waals surface area contributed by atoms with E-state index in [1.165, 1.54) is 12.1 Å². The lowest BCUT2D eigenvalue weighted by atomic mass is 10.2. The fraction of sp³-hybridized carbons (Fsp3) is 0.0588. The minimum absolute atomic E-state index is 0.181. The number of carbonyl (C=O) groups excluding carboxylic acids is 2. The molecular formula is C17H13N3O5. The van der Waals surface area contributed by atoms with Crippen LogP contribution in [0.15, 0.2) is 53.1 Å². The summed E-state index contributed by atoms with van der Waals surface area (Å²) in [6, 6.07) is 11.3. The molecule has 3 rings (SSSR count). The summed E-state index contributed by atoms with van der Waals surface area (Å²) < 4.78 is 4.86. The van der Waals surface area contributed by atoms with E-state index >= 15 is 0 Å². The lowest BCUT2D eigenvalue weighted by molar-refractivity contribution is -0.115. The van der Waals surface area contributed by atoms with Crippen molar-refractivity contribution in [2.75, 3.05) is 11.9 Å². The number of fused-ring (bicyclic) bond motifs is 1. The minimum atomic E-state index is -1.28. The van der Waals surface area contributed by atoms with Crippen molar-refractivity contribution in [2.45, 2.75) is 0 Å². The molecule has 0 bridgehead atoms. The van der Waals surface area contributed by atoms with Crippen LogP contribution in [0.2, 0.25) is 0 Å². The number of carbonyl (C=O) groups is 3. The Morgan fingerprint density at radius 3 is 2.60 bits per heavy atom. The SMILES string of the molecule is O=C(CNC(=O)c1ccc(C(=O)O)o1)Nc1cccc2ncccc12. The zero-order valence-corrected chi connectivity index (χ0v) is 12.9. The molecular weight excluding hydrogens is 326 g/mol. The number of amides is 2. The normalized spacial score (nSPS) is 10.4. The molecule has 126 valence electrons. The maximum Gasteiger partial charge on any atom is 0.371 e. The number of aromatic nitrogens is 1. The second kappa shape index (κ2) is 6.83. The van der Waals surface area contributed by atoms with Crippen LogP contribution in [0.4, 0.5) is 5.69 Å². The molecule has 1 aromatic carbocycles. The molecule has 3 N–H and O–H groups in total. The van der Waals surface area contributed by atoms with E-state index in [2.05, 4.69) is 15.6 Å². The Morgan fingerprint density at radius 2 is 1.84 bits per heavy atom. The molecule has 0 aliphatic rings. The van der Waals surface area contributed by atoms with Crippen molar-refractivity contribution in [3.8, 4) is 0 Å². The van der Waals surface area contributed by atoms with Crippen LogP contribution in [-0.2, 0) is 4.79 Å². The van der Waals surface area contributed by atoms with Crippen LogP contribution in [0.5, 0.6) is 0 Å². The summed E-state index contributed by atoms with van der Waals surface area (Å²) in [4.78, 5) is 38.8.